The van der Waals surface area contributed by atoms with E-state index in [1.165, 1.54) is 6.42 Å². The lowest BCUT2D eigenvalue weighted by atomic mass is 9.79. The monoisotopic (exact) mass is 248 g/mol. The predicted molar refractivity (Wildman–Crippen MR) is 70.4 cm³/mol. The van der Waals surface area contributed by atoms with E-state index in [-0.39, 0.29) is 5.78 Å². The number of hydrogen-bond donors (Lipinski definition) is 1. The molecule has 0 spiro atoms. The molecule has 2 N–H and O–H groups in total. The summed E-state index contributed by atoms with van der Waals surface area (Å²) in [5.41, 5.74) is 5.61. The lowest BCUT2D eigenvalue weighted by Crippen LogP contribution is -2.43. The molecule has 0 aromatic carbocycles. The Morgan fingerprint density at radius 2 is 2.17 bits per heavy atom. The summed E-state index contributed by atoms with van der Waals surface area (Å²) < 4.78 is 5.81. The van der Waals surface area contributed by atoms with Crippen molar-refractivity contribution in [3.05, 3.63) is 23.9 Å². The molecule has 0 bridgehead atoms. The molecule has 0 radical (unpaired) electrons. The molecule has 1 saturated carbocycles. The van der Waals surface area contributed by atoms with Gasteiger partial charge in [-0.2, -0.15) is 0 Å². The number of pyridine rings is 1. The number of carbonyl (C=O) groups excluding carboxylic acids is 1. The number of hydrogen-bond acceptors (Lipinski definition) is 4. The highest BCUT2D eigenvalue weighted by Gasteiger charge is 2.41. The van der Waals surface area contributed by atoms with Crippen LogP contribution in [0.5, 0.6) is 0 Å². The minimum atomic E-state index is -0.676. The average molecular weight is 248 g/mol. The molecule has 18 heavy (non-hydrogen) atoms. The van der Waals surface area contributed by atoms with E-state index in [2.05, 4.69) is 4.98 Å². The van der Waals surface area contributed by atoms with Crippen LogP contribution >= 0.6 is 0 Å². The first kappa shape index (κ1) is 13.0. The van der Waals surface area contributed by atoms with Crippen LogP contribution in [0.2, 0.25) is 0 Å². The number of ketones is 1. The zero-order valence-corrected chi connectivity index (χ0v) is 10.8. The van der Waals surface area contributed by atoms with Crippen molar-refractivity contribution in [1.29, 1.82) is 0 Å². The average Bonchev–Trinajstić information content (AvgIpc) is 2.40. The first-order valence-electron chi connectivity index (χ1n) is 6.59. The molecular weight excluding hydrogens is 228 g/mol. The SMILES string of the molecule is CCOC1(C(=O)c2cccnc2N)CCCCC1. The third kappa shape index (κ3) is 2.38. The van der Waals surface area contributed by atoms with E-state index in [0.29, 0.717) is 18.0 Å². The van der Waals surface area contributed by atoms with Crippen LogP contribution in [-0.4, -0.2) is 23.0 Å². The fourth-order valence-electron chi connectivity index (χ4n) is 2.69. The number of anilines is 1. The van der Waals surface area contributed by atoms with E-state index < -0.39 is 5.60 Å². The van der Waals surface area contributed by atoms with Crippen molar-refractivity contribution < 1.29 is 9.53 Å². The number of Topliss-reactive ketones (excluding diaryl/α,β-unsaturated/α-hetero) is 1. The Morgan fingerprint density at radius 1 is 1.44 bits per heavy atom. The van der Waals surface area contributed by atoms with E-state index in [0.717, 1.165) is 25.7 Å². The molecule has 4 heteroatoms. The minimum absolute atomic E-state index is 0.00495. The molecule has 1 heterocycles. The number of aromatic nitrogens is 1. The van der Waals surface area contributed by atoms with Gasteiger partial charge in [-0.05, 0) is 31.9 Å². The van der Waals surface area contributed by atoms with Crippen LogP contribution in [0.4, 0.5) is 5.82 Å². The molecule has 0 atom stereocenters. The fraction of sp³-hybridized carbons (Fsp3) is 0.571. The molecular formula is C14H20N2O2. The molecule has 0 unspecified atom stereocenters. The topological polar surface area (TPSA) is 65.2 Å². The van der Waals surface area contributed by atoms with Gasteiger partial charge in [0.1, 0.15) is 11.4 Å². The third-order valence-corrected chi connectivity index (χ3v) is 3.58. The second kappa shape index (κ2) is 5.48. The van der Waals surface area contributed by atoms with Crippen LogP contribution in [0.1, 0.15) is 49.4 Å². The Balaban J connectivity index is 2.31. The van der Waals surface area contributed by atoms with Crippen molar-refractivity contribution >= 4 is 11.6 Å². The van der Waals surface area contributed by atoms with E-state index in [4.69, 9.17) is 10.5 Å². The molecule has 0 aliphatic heterocycles. The van der Waals surface area contributed by atoms with Crippen LogP contribution in [0.15, 0.2) is 18.3 Å². The van der Waals surface area contributed by atoms with Crippen molar-refractivity contribution in [3.8, 4) is 0 Å². The van der Waals surface area contributed by atoms with Gasteiger partial charge in [0.25, 0.3) is 0 Å². The van der Waals surface area contributed by atoms with Gasteiger partial charge in [-0.25, -0.2) is 4.98 Å². The molecule has 2 rings (SSSR count). The number of nitrogen functional groups attached to an aromatic ring is 1. The molecule has 1 aromatic rings. The fourth-order valence-corrected chi connectivity index (χ4v) is 2.69. The Bertz CT molecular complexity index is 420. The number of carbonyl (C=O) groups is 1. The Kier molecular flexibility index (Phi) is 3.97. The molecule has 0 saturated heterocycles. The molecule has 98 valence electrons. The highest BCUT2D eigenvalue weighted by Crippen LogP contribution is 2.35. The van der Waals surface area contributed by atoms with Gasteiger partial charge in [0, 0.05) is 12.8 Å². The standard InChI is InChI=1S/C14H20N2O2/c1-2-18-14(8-4-3-5-9-14)12(17)11-7-6-10-16-13(11)15/h6-7,10H,2-5,8-9H2,1H3,(H2,15,16). The lowest BCUT2D eigenvalue weighted by molar-refractivity contribution is -0.0410. The molecule has 1 aliphatic rings. The maximum absolute atomic E-state index is 12.7. The number of ether oxygens (including phenoxy) is 1. The summed E-state index contributed by atoms with van der Waals surface area (Å²) in [6.45, 7) is 2.47. The summed E-state index contributed by atoms with van der Waals surface area (Å²) in [6, 6.07) is 3.48. The van der Waals surface area contributed by atoms with Gasteiger partial charge in [0.05, 0.1) is 5.56 Å². The smallest absolute Gasteiger partial charge is 0.198 e. The van der Waals surface area contributed by atoms with Crippen molar-refractivity contribution in [1.82, 2.24) is 4.98 Å². The van der Waals surface area contributed by atoms with Gasteiger partial charge in [-0.1, -0.05) is 19.3 Å². The number of nitrogens with two attached hydrogens (primary N) is 1. The van der Waals surface area contributed by atoms with E-state index in [9.17, 15) is 4.79 Å². The Morgan fingerprint density at radius 3 is 2.78 bits per heavy atom. The maximum Gasteiger partial charge on any atom is 0.198 e. The van der Waals surface area contributed by atoms with Crippen LogP contribution in [-0.2, 0) is 4.74 Å². The highest BCUT2D eigenvalue weighted by atomic mass is 16.5. The highest BCUT2D eigenvalue weighted by molar-refractivity contribution is 6.05. The third-order valence-electron chi connectivity index (χ3n) is 3.58. The van der Waals surface area contributed by atoms with Crippen LogP contribution in [0.25, 0.3) is 0 Å². The van der Waals surface area contributed by atoms with Gasteiger partial charge >= 0.3 is 0 Å². The zero-order chi connectivity index (χ0) is 13.0. The van der Waals surface area contributed by atoms with Crippen molar-refractivity contribution in [2.24, 2.45) is 0 Å². The van der Waals surface area contributed by atoms with Crippen molar-refractivity contribution in [2.45, 2.75) is 44.6 Å². The van der Waals surface area contributed by atoms with E-state index >= 15 is 0 Å². The summed E-state index contributed by atoms with van der Waals surface area (Å²) in [7, 11) is 0. The lowest BCUT2D eigenvalue weighted by Gasteiger charge is -2.35. The summed E-state index contributed by atoms with van der Waals surface area (Å²) in [6.07, 6.45) is 6.41. The molecule has 4 nitrogen and oxygen atoms in total. The van der Waals surface area contributed by atoms with Gasteiger partial charge in [0.2, 0.25) is 0 Å². The molecule has 0 amide bonds. The summed E-state index contributed by atoms with van der Waals surface area (Å²) in [4.78, 5) is 16.7. The second-order valence-corrected chi connectivity index (χ2v) is 4.75. The quantitative estimate of drug-likeness (QED) is 0.832. The zero-order valence-electron chi connectivity index (χ0n) is 10.8. The summed E-state index contributed by atoms with van der Waals surface area (Å²) in [5.74, 6) is 0.293. The molecule has 1 aliphatic carbocycles. The molecule has 1 aromatic heterocycles. The Labute approximate surface area is 108 Å². The van der Waals surface area contributed by atoms with Gasteiger partial charge in [0.15, 0.2) is 5.78 Å². The second-order valence-electron chi connectivity index (χ2n) is 4.75. The largest absolute Gasteiger partial charge is 0.383 e. The van der Waals surface area contributed by atoms with Gasteiger partial charge < -0.3 is 10.5 Å². The maximum atomic E-state index is 12.7. The predicted octanol–water partition coefficient (Wildman–Crippen LogP) is 2.59. The van der Waals surface area contributed by atoms with Crippen LogP contribution in [0, 0.1) is 0 Å². The number of rotatable bonds is 4. The van der Waals surface area contributed by atoms with E-state index in [1.807, 2.05) is 6.92 Å². The summed E-state index contributed by atoms with van der Waals surface area (Å²) >= 11 is 0. The number of nitrogens with zero attached hydrogens (tertiary/aromatic N) is 1. The minimum Gasteiger partial charge on any atom is -0.383 e. The van der Waals surface area contributed by atoms with Crippen LogP contribution < -0.4 is 5.73 Å². The van der Waals surface area contributed by atoms with Crippen LogP contribution in [0.3, 0.4) is 0 Å². The van der Waals surface area contributed by atoms with Crippen molar-refractivity contribution in [2.75, 3.05) is 12.3 Å². The van der Waals surface area contributed by atoms with Crippen molar-refractivity contribution in [3.63, 3.8) is 0 Å². The van der Waals surface area contributed by atoms with Gasteiger partial charge in [-0.15, -0.1) is 0 Å². The first-order valence-corrected chi connectivity index (χ1v) is 6.59. The first-order chi connectivity index (χ1) is 8.69. The molecule has 1 fully saturated rings. The summed E-state index contributed by atoms with van der Waals surface area (Å²) in [5, 5.41) is 0. The normalized spacial score (nSPS) is 18.5. The van der Waals surface area contributed by atoms with Gasteiger partial charge in [-0.3, -0.25) is 4.79 Å². The van der Waals surface area contributed by atoms with E-state index in [1.54, 1.807) is 18.3 Å². The Hall–Kier alpha value is -1.42.